The number of benzene rings is 1. The molecule has 0 atom stereocenters. The van der Waals surface area contributed by atoms with E-state index in [1.54, 1.807) is 0 Å². The highest BCUT2D eigenvalue weighted by molar-refractivity contribution is 7.92. The van der Waals surface area contributed by atoms with Crippen molar-refractivity contribution in [2.45, 2.75) is 17.6 Å². The monoisotopic (exact) mass is 354 g/mol. The Morgan fingerprint density at radius 3 is 2.41 bits per heavy atom. The van der Waals surface area contributed by atoms with Gasteiger partial charge in [-0.1, -0.05) is 6.07 Å². The quantitative estimate of drug-likeness (QED) is 0.862. The van der Waals surface area contributed by atoms with E-state index in [0.717, 1.165) is 12.3 Å². The molecule has 2 rings (SSSR count). The van der Waals surface area contributed by atoms with Crippen molar-refractivity contribution in [3.8, 4) is 0 Å². The third kappa shape index (κ3) is 3.39. The summed E-state index contributed by atoms with van der Waals surface area (Å²) in [5.41, 5.74) is -0.360. The van der Waals surface area contributed by atoms with E-state index < -0.39 is 32.1 Å². The average Bonchev–Trinajstić information content (AvgIpc) is 2.43. The first-order valence-electron chi connectivity index (χ1n) is 6.44. The number of sulfone groups is 1. The van der Waals surface area contributed by atoms with E-state index >= 15 is 0 Å². The number of rotatable bonds is 3. The minimum Gasteiger partial charge on any atom is -0.322 e. The van der Waals surface area contributed by atoms with Gasteiger partial charge in [0.2, 0.25) is 5.91 Å². The van der Waals surface area contributed by atoms with Crippen molar-refractivity contribution in [3.05, 3.63) is 29.8 Å². The van der Waals surface area contributed by atoms with Crippen molar-refractivity contribution < 1.29 is 22.0 Å². The van der Waals surface area contributed by atoms with Crippen molar-refractivity contribution in [1.82, 2.24) is 5.32 Å². The zero-order chi connectivity index (χ0) is 15.7. The Balaban J connectivity index is 0.00000242. The molecule has 1 fully saturated rings. The van der Waals surface area contributed by atoms with Gasteiger partial charge in [0.15, 0.2) is 26.2 Å². The van der Waals surface area contributed by atoms with Crippen molar-refractivity contribution in [2.75, 3.05) is 24.7 Å². The third-order valence-electron chi connectivity index (χ3n) is 3.73. The first kappa shape index (κ1) is 18.8. The molecule has 1 amide bonds. The normalized spacial score (nSPS) is 17.4. The van der Waals surface area contributed by atoms with Crippen LogP contribution in [0.15, 0.2) is 18.2 Å². The number of nitrogens with one attached hydrogen (secondary N) is 2. The Morgan fingerprint density at radius 2 is 1.86 bits per heavy atom. The molecule has 1 saturated heterocycles. The lowest BCUT2D eigenvalue weighted by Crippen LogP contribution is -2.55. The van der Waals surface area contributed by atoms with Crippen LogP contribution in [-0.4, -0.2) is 38.4 Å². The molecule has 1 heterocycles. The maximum Gasteiger partial charge on any atom is 0.246 e. The zero-order valence-electron chi connectivity index (χ0n) is 11.9. The number of amides is 1. The van der Waals surface area contributed by atoms with Crippen LogP contribution in [0.3, 0.4) is 0 Å². The van der Waals surface area contributed by atoms with Gasteiger partial charge in [-0.3, -0.25) is 4.79 Å². The van der Waals surface area contributed by atoms with Crippen LogP contribution in [0.2, 0.25) is 0 Å². The summed E-state index contributed by atoms with van der Waals surface area (Å²) in [4.78, 5) is 12.4. The Bertz CT molecular complexity index is 661. The van der Waals surface area contributed by atoms with Crippen molar-refractivity contribution in [1.29, 1.82) is 0 Å². The highest BCUT2D eigenvalue weighted by atomic mass is 35.5. The molecular weight excluding hydrogens is 338 g/mol. The largest absolute Gasteiger partial charge is 0.322 e. The van der Waals surface area contributed by atoms with E-state index in [9.17, 15) is 22.0 Å². The smallest absolute Gasteiger partial charge is 0.246 e. The van der Waals surface area contributed by atoms with E-state index in [1.807, 2.05) is 0 Å². The number of carbonyl (C=O) groups is 1. The van der Waals surface area contributed by atoms with Gasteiger partial charge in [0.05, 0.1) is 5.69 Å². The van der Waals surface area contributed by atoms with Crippen molar-refractivity contribution in [3.63, 3.8) is 0 Å². The maximum absolute atomic E-state index is 13.6. The second-order valence-electron chi connectivity index (χ2n) is 5.07. The molecule has 0 saturated carbocycles. The Kier molecular flexibility index (Phi) is 5.89. The molecule has 0 aliphatic carbocycles. The summed E-state index contributed by atoms with van der Waals surface area (Å²) < 4.78 is 49.2. The molecule has 0 radical (unpaired) electrons. The molecule has 5 nitrogen and oxygen atoms in total. The topological polar surface area (TPSA) is 75.3 Å². The average molecular weight is 355 g/mol. The molecule has 1 aliphatic heterocycles. The van der Waals surface area contributed by atoms with Gasteiger partial charge < -0.3 is 10.6 Å². The van der Waals surface area contributed by atoms with E-state index in [-0.39, 0.29) is 30.9 Å². The molecule has 0 unspecified atom stereocenters. The number of anilines is 1. The molecule has 1 aromatic carbocycles. The Labute approximate surface area is 133 Å². The van der Waals surface area contributed by atoms with Gasteiger partial charge in [-0.05, 0) is 38.1 Å². The molecular formula is C13H17ClF2N2O3S. The number of hydrogen-bond acceptors (Lipinski definition) is 4. The van der Waals surface area contributed by atoms with E-state index in [4.69, 9.17) is 0 Å². The molecule has 22 heavy (non-hydrogen) atoms. The van der Waals surface area contributed by atoms with Gasteiger partial charge in [-0.2, -0.15) is 0 Å². The maximum atomic E-state index is 13.6. The summed E-state index contributed by atoms with van der Waals surface area (Å²) in [6, 6.07) is 3.35. The summed E-state index contributed by atoms with van der Waals surface area (Å²) in [7, 11) is -3.70. The van der Waals surface area contributed by atoms with Gasteiger partial charge in [0.25, 0.3) is 0 Å². The predicted octanol–water partition coefficient (Wildman–Crippen LogP) is 1.49. The summed E-state index contributed by atoms with van der Waals surface area (Å²) in [6.45, 7) is 0.734. The van der Waals surface area contributed by atoms with Crippen molar-refractivity contribution in [2.24, 2.45) is 0 Å². The molecule has 1 aliphatic rings. The molecule has 124 valence electrons. The van der Waals surface area contributed by atoms with E-state index in [1.165, 1.54) is 12.1 Å². The van der Waals surface area contributed by atoms with Gasteiger partial charge in [0.1, 0.15) is 0 Å². The molecule has 1 aromatic rings. The van der Waals surface area contributed by atoms with Gasteiger partial charge in [-0.25, -0.2) is 17.2 Å². The lowest BCUT2D eigenvalue weighted by molar-refractivity contribution is -0.119. The van der Waals surface area contributed by atoms with Crippen LogP contribution < -0.4 is 10.6 Å². The highest BCUT2D eigenvalue weighted by Gasteiger charge is 2.48. The molecule has 0 spiro atoms. The summed E-state index contributed by atoms with van der Waals surface area (Å²) in [5, 5.41) is 5.18. The fraction of sp³-hybridized carbons (Fsp3) is 0.462. The number of halogens is 3. The zero-order valence-corrected chi connectivity index (χ0v) is 13.5. The number of hydrogen-bond donors (Lipinski definition) is 2. The number of piperidine rings is 1. The molecule has 0 bridgehead atoms. The Morgan fingerprint density at radius 1 is 1.27 bits per heavy atom. The fourth-order valence-corrected chi connectivity index (χ4v) is 3.77. The van der Waals surface area contributed by atoms with Crippen LogP contribution in [0.1, 0.15) is 12.8 Å². The van der Waals surface area contributed by atoms with E-state index in [2.05, 4.69) is 10.6 Å². The minimum absolute atomic E-state index is 0. The summed E-state index contributed by atoms with van der Waals surface area (Å²) in [6.07, 6.45) is 1.17. The van der Waals surface area contributed by atoms with Crippen LogP contribution in [0.4, 0.5) is 14.5 Å². The summed E-state index contributed by atoms with van der Waals surface area (Å²) in [5.74, 6) is -3.13. The van der Waals surface area contributed by atoms with Crippen molar-refractivity contribution >= 4 is 33.8 Å². The number of carbonyl (C=O) groups excluding carboxylic acids is 1. The Hall–Kier alpha value is -1.25. The lowest BCUT2D eigenvalue weighted by Gasteiger charge is -2.34. The highest BCUT2D eigenvalue weighted by Crippen LogP contribution is 2.30. The van der Waals surface area contributed by atoms with E-state index in [0.29, 0.717) is 13.1 Å². The first-order valence-corrected chi connectivity index (χ1v) is 8.33. The van der Waals surface area contributed by atoms with Crippen LogP contribution in [0, 0.1) is 11.6 Å². The lowest BCUT2D eigenvalue weighted by atomic mass is 9.95. The third-order valence-corrected chi connectivity index (χ3v) is 5.75. The van der Waals surface area contributed by atoms with Crippen LogP contribution in [0.25, 0.3) is 0 Å². The van der Waals surface area contributed by atoms with Gasteiger partial charge in [-0.15, -0.1) is 12.4 Å². The minimum atomic E-state index is -3.70. The summed E-state index contributed by atoms with van der Waals surface area (Å²) >= 11 is 0. The predicted molar refractivity (Wildman–Crippen MR) is 81.9 cm³/mol. The second kappa shape index (κ2) is 6.89. The van der Waals surface area contributed by atoms with Gasteiger partial charge in [0, 0.05) is 6.26 Å². The molecule has 2 N–H and O–H groups in total. The standard InChI is InChI=1S/C13H16F2N2O3S.ClH/c1-21(19,20)13(5-7-16-8-6-13)12(18)17-10-4-2-3-9(14)11(10)15;/h2-4,16H,5-8H2,1H3,(H,17,18);1H. The second-order valence-corrected chi connectivity index (χ2v) is 7.40. The fourth-order valence-electron chi connectivity index (χ4n) is 2.43. The molecule has 9 heteroatoms. The van der Waals surface area contributed by atoms with Crippen LogP contribution >= 0.6 is 12.4 Å². The SMILES string of the molecule is CS(=O)(=O)C1(C(=O)Nc2cccc(F)c2F)CCNCC1.Cl. The molecule has 0 aromatic heterocycles. The van der Waals surface area contributed by atoms with Crippen LogP contribution in [-0.2, 0) is 14.6 Å². The first-order chi connectivity index (χ1) is 9.78. The van der Waals surface area contributed by atoms with Crippen LogP contribution in [0.5, 0.6) is 0 Å². The van der Waals surface area contributed by atoms with Gasteiger partial charge >= 0.3 is 0 Å².